The first-order chi connectivity index (χ1) is 14.9. The predicted octanol–water partition coefficient (Wildman–Crippen LogP) is 4.18. The molecule has 31 heavy (non-hydrogen) atoms. The molecule has 0 fully saturated rings. The van der Waals surface area contributed by atoms with E-state index >= 15 is 0 Å². The summed E-state index contributed by atoms with van der Waals surface area (Å²) in [5.74, 6) is 0.850. The van der Waals surface area contributed by atoms with E-state index < -0.39 is 10.8 Å². The smallest absolute Gasteiger partial charge is 0.270 e. The number of nitro benzene ring substituents is 1. The fourth-order valence-corrected chi connectivity index (χ4v) is 4.01. The second-order valence-corrected chi connectivity index (χ2v) is 8.02. The molecule has 0 aliphatic carbocycles. The summed E-state index contributed by atoms with van der Waals surface area (Å²) in [5, 5.41) is 18.5. The molecule has 1 heterocycles. The minimum atomic E-state index is -0.555. The van der Waals surface area contributed by atoms with Crippen LogP contribution in [0.5, 0.6) is 5.75 Å². The summed E-state index contributed by atoms with van der Waals surface area (Å²) >= 11 is 2.64. The van der Waals surface area contributed by atoms with Gasteiger partial charge in [0.15, 0.2) is 5.13 Å². The Kier molecular flexibility index (Phi) is 7.57. The van der Waals surface area contributed by atoms with Gasteiger partial charge in [0, 0.05) is 34.5 Å². The number of carbonyl (C=O) groups excluding carboxylic acids is 2. The van der Waals surface area contributed by atoms with Gasteiger partial charge < -0.3 is 10.1 Å². The third-order valence-electron chi connectivity index (χ3n) is 3.95. The van der Waals surface area contributed by atoms with Crippen molar-refractivity contribution < 1.29 is 19.2 Å². The summed E-state index contributed by atoms with van der Waals surface area (Å²) in [6.07, 6.45) is 0. The van der Waals surface area contributed by atoms with Gasteiger partial charge in [-0.15, -0.1) is 23.1 Å². The molecule has 0 unspecified atom stereocenters. The summed E-state index contributed by atoms with van der Waals surface area (Å²) in [6.45, 7) is 0. The third-order valence-corrected chi connectivity index (χ3v) is 5.72. The highest BCUT2D eigenvalue weighted by molar-refractivity contribution is 7.99. The first-order valence-corrected chi connectivity index (χ1v) is 11.0. The Morgan fingerprint density at radius 2 is 1.97 bits per heavy atom. The molecule has 2 N–H and O–H groups in total. The number of methoxy groups -OCH3 is 1. The number of thioether (sulfide) groups is 1. The van der Waals surface area contributed by atoms with Crippen LogP contribution in [0.4, 0.5) is 16.5 Å². The molecule has 0 saturated heterocycles. The van der Waals surface area contributed by atoms with Gasteiger partial charge in [0.25, 0.3) is 11.6 Å². The Morgan fingerprint density at radius 1 is 1.19 bits per heavy atom. The van der Waals surface area contributed by atoms with E-state index in [2.05, 4.69) is 15.6 Å². The maximum Gasteiger partial charge on any atom is 0.270 e. The number of thiazole rings is 1. The highest BCUT2D eigenvalue weighted by Gasteiger charge is 2.13. The number of nitro groups is 1. The number of nitrogens with zero attached hydrogens (tertiary/aromatic N) is 2. The molecule has 0 bridgehead atoms. The number of ether oxygens (including phenoxy) is 1. The average molecular weight is 459 g/mol. The van der Waals surface area contributed by atoms with E-state index in [9.17, 15) is 19.7 Å². The van der Waals surface area contributed by atoms with Crippen LogP contribution in [-0.4, -0.2) is 34.6 Å². The number of non-ortho nitro benzene ring substituents is 1. The lowest BCUT2D eigenvalue weighted by Gasteiger charge is -2.06. The van der Waals surface area contributed by atoms with Crippen molar-refractivity contribution in [1.82, 2.24) is 4.98 Å². The molecule has 9 nitrogen and oxygen atoms in total. The topological polar surface area (TPSA) is 123 Å². The first-order valence-electron chi connectivity index (χ1n) is 8.96. The van der Waals surface area contributed by atoms with E-state index in [1.165, 1.54) is 47.4 Å². The van der Waals surface area contributed by atoms with E-state index in [1.54, 1.807) is 36.8 Å². The Bertz CT molecular complexity index is 1090. The summed E-state index contributed by atoms with van der Waals surface area (Å²) in [5.41, 5.74) is 1.43. The molecule has 2 amide bonds. The SMILES string of the molecule is COc1ccc(NC(=O)CSCc2csc(NC(=O)c3cccc([N+](=O)[O-])c3)n2)cc1. The summed E-state index contributed by atoms with van der Waals surface area (Å²) in [7, 11) is 1.58. The number of hydrogen-bond donors (Lipinski definition) is 2. The van der Waals surface area contributed by atoms with Crippen molar-refractivity contribution in [1.29, 1.82) is 0 Å². The van der Waals surface area contributed by atoms with E-state index in [4.69, 9.17) is 4.74 Å². The molecular weight excluding hydrogens is 440 g/mol. The fraction of sp³-hybridized carbons (Fsp3) is 0.150. The molecular formula is C20H18N4O5S2. The van der Waals surface area contributed by atoms with Crippen molar-refractivity contribution >= 4 is 51.4 Å². The lowest BCUT2D eigenvalue weighted by molar-refractivity contribution is -0.384. The maximum absolute atomic E-state index is 12.3. The zero-order valence-corrected chi connectivity index (χ0v) is 18.0. The molecule has 1 aromatic heterocycles. The second kappa shape index (κ2) is 10.5. The number of hydrogen-bond acceptors (Lipinski definition) is 8. The first kappa shape index (κ1) is 22.2. The van der Waals surface area contributed by atoms with Crippen molar-refractivity contribution in [3.8, 4) is 5.75 Å². The number of carbonyl (C=O) groups is 2. The van der Waals surface area contributed by atoms with Crippen LogP contribution < -0.4 is 15.4 Å². The second-order valence-electron chi connectivity index (χ2n) is 6.18. The molecule has 2 aromatic carbocycles. The predicted molar refractivity (Wildman–Crippen MR) is 121 cm³/mol. The van der Waals surface area contributed by atoms with Crippen molar-refractivity contribution in [3.63, 3.8) is 0 Å². The Hall–Kier alpha value is -3.44. The number of rotatable bonds is 9. The van der Waals surface area contributed by atoms with Gasteiger partial charge in [-0.2, -0.15) is 0 Å². The highest BCUT2D eigenvalue weighted by atomic mass is 32.2. The van der Waals surface area contributed by atoms with Crippen molar-refractivity contribution in [3.05, 3.63) is 75.3 Å². The number of amides is 2. The molecule has 0 radical (unpaired) electrons. The van der Waals surface area contributed by atoms with Gasteiger partial charge in [0.1, 0.15) is 5.75 Å². The van der Waals surface area contributed by atoms with Crippen LogP contribution >= 0.6 is 23.1 Å². The van der Waals surface area contributed by atoms with Crippen LogP contribution in [0.1, 0.15) is 16.1 Å². The minimum Gasteiger partial charge on any atom is -0.497 e. The molecule has 0 atom stereocenters. The van der Waals surface area contributed by atoms with Crippen LogP contribution in [0.25, 0.3) is 0 Å². The number of benzene rings is 2. The average Bonchev–Trinajstić information content (AvgIpc) is 3.21. The standard InChI is InChI=1S/C20H18N4O5S2/c1-29-17-7-5-14(6-8-17)21-18(25)12-30-10-15-11-31-20(22-15)23-19(26)13-3-2-4-16(9-13)24(27)28/h2-9,11H,10,12H2,1H3,(H,21,25)(H,22,23,26). The van der Waals surface area contributed by atoms with Crippen LogP contribution in [-0.2, 0) is 10.5 Å². The van der Waals surface area contributed by atoms with Crippen LogP contribution in [0.15, 0.2) is 53.9 Å². The van der Waals surface area contributed by atoms with Crippen LogP contribution in [0.2, 0.25) is 0 Å². The maximum atomic E-state index is 12.3. The molecule has 0 spiro atoms. The largest absolute Gasteiger partial charge is 0.497 e. The Morgan fingerprint density at radius 3 is 2.68 bits per heavy atom. The lowest BCUT2D eigenvalue weighted by atomic mass is 10.2. The van der Waals surface area contributed by atoms with E-state index in [-0.39, 0.29) is 22.9 Å². The Balaban J connectivity index is 1.46. The quantitative estimate of drug-likeness (QED) is 0.364. The van der Waals surface area contributed by atoms with Gasteiger partial charge in [-0.05, 0) is 30.3 Å². The molecule has 3 aromatic rings. The van der Waals surface area contributed by atoms with Crippen molar-refractivity contribution in [2.45, 2.75) is 5.75 Å². The molecule has 0 aliphatic rings. The summed E-state index contributed by atoms with van der Waals surface area (Å²) < 4.78 is 5.08. The molecule has 160 valence electrons. The number of aromatic nitrogens is 1. The van der Waals surface area contributed by atoms with Crippen molar-refractivity contribution in [2.75, 3.05) is 23.5 Å². The van der Waals surface area contributed by atoms with Gasteiger partial charge >= 0.3 is 0 Å². The van der Waals surface area contributed by atoms with Gasteiger partial charge in [0.2, 0.25) is 5.91 Å². The van der Waals surface area contributed by atoms with E-state index in [1.807, 2.05) is 0 Å². The molecule has 0 aliphatic heterocycles. The Labute approximate surface area is 186 Å². The normalized spacial score (nSPS) is 10.4. The lowest BCUT2D eigenvalue weighted by Crippen LogP contribution is -2.14. The monoisotopic (exact) mass is 458 g/mol. The fourth-order valence-electron chi connectivity index (χ4n) is 2.48. The summed E-state index contributed by atoms with van der Waals surface area (Å²) in [4.78, 5) is 38.9. The van der Waals surface area contributed by atoms with Crippen LogP contribution in [0.3, 0.4) is 0 Å². The van der Waals surface area contributed by atoms with Gasteiger partial charge in [-0.1, -0.05) is 6.07 Å². The van der Waals surface area contributed by atoms with E-state index in [0.29, 0.717) is 22.3 Å². The highest BCUT2D eigenvalue weighted by Crippen LogP contribution is 2.22. The number of nitrogens with one attached hydrogen (secondary N) is 2. The molecule has 3 rings (SSSR count). The molecule has 0 saturated carbocycles. The minimum absolute atomic E-state index is 0.135. The molecule has 11 heteroatoms. The van der Waals surface area contributed by atoms with Crippen LogP contribution in [0, 0.1) is 10.1 Å². The van der Waals surface area contributed by atoms with Crippen molar-refractivity contribution in [2.24, 2.45) is 0 Å². The summed E-state index contributed by atoms with van der Waals surface area (Å²) in [6, 6.07) is 12.5. The van der Waals surface area contributed by atoms with Gasteiger partial charge in [-0.3, -0.25) is 25.0 Å². The zero-order valence-electron chi connectivity index (χ0n) is 16.4. The van der Waals surface area contributed by atoms with Gasteiger partial charge in [0.05, 0.1) is 23.5 Å². The number of anilines is 2. The van der Waals surface area contributed by atoms with Gasteiger partial charge in [-0.25, -0.2) is 4.98 Å². The van der Waals surface area contributed by atoms with E-state index in [0.717, 1.165) is 5.69 Å². The third kappa shape index (κ3) is 6.52. The zero-order chi connectivity index (χ0) is 22.2.